The Bertz CT molecular complexity index is 1330. The summed E-state index contributed by atoms with van der Waals surface area (Å²) >= 11 is 5.70. The number of carbonyl (C=O) groups excluding carboxylic acids is 1. The minimum Gasteiger partial charge on any atom is -0.493 e. The highest BCUT2D eigenvalue weighted by Gasteiger charge is 2.16. The average molecular weight is 489 g/mol. The summed E-state index contributed by atoms with van der Waals surface area (Å²) in [6.45, 7) is 0.430. The molecule has 12 heteroatoms. The second kappa shape index (κ2) is 10.3. The number of rotatable bonds is 9. The summed E-state index contributed by atoms with van der Waals surface area (Å²) in [5, 5.41) is 12.5. The van der Waals surface area contributed by atoms with E-state index in [0.717, 1.165) is 6.07 Å². The number of nitrogens with zero attached hydrogens (tertiary/aromatic N) is 3. The van der Waals surface area contributed by atoms with E-state index in [1.165, 1.54) is 31.6 Å². The maximum atomic E-state index is 13.8. The largest absolute Gasteiger partial charge is 0.493 e. The number of anilines is 3. The summed E-state index contributed by atoms with van der Waals surface area (Å²) in [4.78, 5) is 20.9. The SMILES string of the molecule is COc1cc2c(Nc3cc(C(=O)Nc4cccc(F)c4F)[nH]n3)ncnc2cc1OCCCCl. The van der Waals surface area contributed by atoms with E-state index in [9.17, 15) is 13.6 Å². The summed E-state index contributed by atoms with van der Waals surface area (Å²) in [7, 11) is 1.52. The van der Waals surface area contributed by atoms with Crippen molar-refractivity contribution in [1.29, 1.82) is 0 Å². The Kier molecular flexibility index (Phi) is 7.02. The van der Waals surface area contributed by atoms with Crippen LogP contribution in [0.4, 0.5) is 26.1 Å². The molecule has 0 atom stereocenters. The molecular formula is C22H19ClF2N6O3. The van der Waals surface area contributed by atoms with Crippen molar-refractivity contribution in [3.63, 3.8) is 0 Å². The molecule has 2 aromatic carbocycles. The lowest BCUT2D eigenvalue weighted by Gasteiger charge is -2.13. The van der Waals surface area contributed by atoms with Gasteiger partial charge in [-0.3, -0.25) is 9.89 Å². The summed E-state index contributed by atoms with van der Waals surface area (Å²) in [6, 6.07) is 8.35. The Morgan fingerprint density at radius 2 is 2.03 bits per heavy atom. The van der Waals surface area contributed by atoms with Crippen LogP contribution in [0.1, 0.15) is 16.9 Å². The van der Waals surface area contributed by atoms with E-state index in [1.807, 2.05) is 0 Å². The molecule has 4 aromatic rings. The molecule has 3 N–H and O–H groups in total. The van der Waals surface area contributed by atoms with Crippen LogP contribution in [-0.4, -0.2) is 45.7 Å². The lowest BCUT2D eigenvalue weighted by atomic mass is 10.2. The Morgan fingerprint density at radius 1 is 1.18 bits per heavy atom. The van der Waals surface area contributed by atoms with Crippen LogP contribution in [0.15, 0.2) is 42.7 Å². The highest BCUT2D eigenvalue weighted by atomic mass is 35.5. The molecule has 0 radical (unpaired) electrons. The molecule has 4 rings (SSSR count). The Labute approximate surface area is 197 Å². The topological polar surface area (TPSA) is 114 Å². The van der Waals surface area contributed by atoms with Gasteiger partial charge in [-0.1, -0.05) is 6.07 Å². The first-order valence-electron chi connectivity index (χ1n) is 10.1. The van der Waals surface area contributed by atoms with Crippen molar-refractivity contribution in [2.24, 2.45) is 0 Å². The van der Waals surface area contributed by atoms with Gasteiger partial charge in [0.2, 0.25) is 0 Å². The number of carbonyl (C=O) groups is 1. The number of benzene rings is 2. The first-order chi connectivity index (χ1) is 16.5. The zero-order valence-electron chi connectivity index (χ0n) is 17.9. The van der Waals surface area contributed by atoms with Crippen LogP contribution in [0.3, 0.4) is 0 Å². The van der Waals surface area contributed by atoms with E-state index >= 15 is 0 Å². The summed E-state index contributed by atoms with van der Waals surface area (Å²) in [5.74, 6) is -0.751. The molecule has 0 aliphatic heterocycles. The number of nitrogens with one attached hydrogen (secondary N) is 3. The van der Waals surface area contributed by atoms with Crippen LogP contribution in [-0.2, 0) is 0 Å². The van der Waals surface area contributed by atoms with Gasteiger partial charge in [-0.15, -0.1) is 11.6 Å². The van der Waals surface area contributed by atoms with Crippen molar-refractivity contribution in [3.05, 3.63) is 60.1 Å². The van der Waals surface area contributed by atoms with Crippen LogP contribution >= 0.6 is 11.6 Å². The molecule has 0 bridgehead atoms. The number of aromatic nitrogens is 4. The smallest absolute Gasteiger partial charge is 0.273 e. The highest BCUT2D eigenvalue weighted by molar-refractivity contribution is 6.17. The maximum Gasteiger partial charge on any atom is 0.273 e. The van der Waals surface area contributed by atoms with Gasteiger partial charge in [0, 0.05) is 23.4 Å². The molecule has 2 aromatic heterocycles. The van der Waals surface area contributed by atoms with Gasteiger partial charge in [-0.05, 0) is 24.6 Å². The summed E-state index contributed by atoms with van der Waals surface area (Å²) in [5.41, 5.74) is 0.332. The third-order valence-corrected chi connectivity index (χ3v) is 4.99. The molecule has 34 heavy (non-hydrogen) atoms. The first-order valence-corrected chi connectivity index (χ1v) is 10.6. The fourth-order valence-electron chi connectivity index (χ4n) is 3.09. The van der Waals surface area contributed by atoms with Crippen molar-refractivity contribution < 1.29 is 23.0 Å². The average Bonchev–Trinajstić information content (AvgIpc) is 3.30. The number of aromatic amines is 1. The number of alkyl halides is 1. The van der Waals surface area contributed by atoms with Gasteiger partial charge in [-0.2, -0.15) is 5.10 Å². The third kappa shape index (κ3) is 4.99. The van der Waals surface area contributed by atoms with Gasteiger partial charge >= 0.3 is 0 Å². The first kappa shape index (κ1) is 23.2. The lowest BCUT2D eigenvalue weighted by Crippen LogP contribution is -2.13. The molecular weight excluding hydrogens is 470 g/mol. The number of methoxy groups -OCH3 is 1. The molecule has 0 spiro atoms. The molecule has 0 saturated carbocycles. The van der Waals surface area contributed by atoms with Crippen LogP contribution < -0.4 is 20.1 Å². The van der Waals surface area contributed by atoms with E-state index in [2.05, 4.69) is 30.8 Å². The standard InChI is InChI=1S/C22H19ClF2N6O3/c1-33-17-8-12-15(9-18(17)34-7-3-6-23)26-11-27-21(12)29-19-10-16(30-31-19)22(32)28-14-5-2-4-13(24)20(14)25/h2,4-5,8-11H,3,6-7H2,1H3,(H,28,32)(H2,26,27,29,30,31). The number of amides is 1. The lowest BCUT2D eigenvalue weighted by molar-refractivity contribution is 0.102. The van der Waals surface area contributed by atoms with Crippen LogP contribution in [0.2, 0.25) is 0 Å². The molecule has 176 valence electrons. The molecule has 0 unspecified atom stereocenters. The zero-order valence-corrected chi connectivity index (χ0v) is 18.6. The highest BCUT2D eigenvalue weighted by Crippen LogP contribution is 2.34. The van der Waals surface area contributed by atoms with E-state index in [4.69, 9.17) is 21.1 Å². The molecule has 0 aliphatic rings. The fourth-order valence-corrected chi connectivity index (χ4v) is 3.20. The van der Waals surface area contributed by atoms with Gasteiger partial charge in [0.1, 0.15) is 17.8 Å². The van der Waals surface area contributed by atoms with Crippen molar-refractivity contribution in [1.82, 2.24) is 20.2 Å². The van der Waals surface area contributed by atoms with Gasteiger partial charge in [0.15, 0.2) is 29.0 Å². The molecule has 9 nitrogen and oxygen atoms in total. The zero-order chi connectivity index (χ0) is 24.1. The maximum absolute atomic E-state index is 13.8. The molecule has 0 fully saturated rings. The number of fused-ring (bicyclic) bond motifs is 1. The van der Waals surface area contributed by atoms with Crippen molar-refractivity contribution >= 4 is 45.7 Å². The number of H-pyrrole nitrogens is 1. The summed E-state index contributed by atoms with van der Waals surface area (Å²) < 4.78 is 38.4. The molecule has 1 amide bonds. The predicted octanol–water partition coefficient (Wildman–Crippen LogP) is 4.64. The fraction of sp³-hybridized carbons (Fsp3) is 0.182. The van der Waals surface area contributed by atoms with Crippen molar-refractivity contribution in [2.45, 2.75) is 6.42 Å². The number of hydrogen-bond donors (Lipinski definition) is 3. The van der Waals surface area contributed by atoms with E-state index in [0.29, 0.717) is 47.1 Å². The van der Waals surface area contributed by atoms with Gasteiger partial charge in [0.25, 0.3) is 5.91 Å². The van der Waals surface area contributed by atoms with Crippen LogP contribution in [0, 0.1) is 11.6 Å². The van der Waals surface area contributed by atoms with Crippen molar-refractivity contribution in [3.8, 4) is 11.5 Å². The monoisotopic (exact) mass is 488 g/mol. The number of halogens is 3. The predicted molar refractivity (Wildman–Crippen MR) is 123 cm³/mol. The Balaban J connectivity index is 1.55. The normalized spacial score (nSPS) is 10.8. The molecule has 0 saturated heterocycles. The van der Waals surface area contributed by atoms with Crippen molar-refractivity contribution in [2.75, 3.05) is 30.2 Å². The third-order valence-electron chi connectivity index (χ3n) is 4.73. The Morgan fingerprint density at radius 3 is 2.82 bits per heavy atom. The quantitative estimate of drug-likeness (QED) is 0.232. The van der Waals surface area contributed by atoms with Gasteiger partial charge < -0.3 is 20.1 Å². The van der Waals surface area contributed by atoms with E-state index < -0.39 is 17.5 Å². The van der Waals surface area contributed by atoms with Crippen LogP contribution in [0.5, 0.6) is 11.5 Å². The minimum atomic E-state index is -1.15. The Hall–Kier alpha value is -3.99. The van der Waals surface area contributed by atoms with Gasteiger partial charge in [0.05, 0.1) is 24.9 Å². The van der Waals surface area contributed by atoms with Crippen LogP contribution in [0.25, 0.3) is 10.9 Å². The molecule has 2 heterocycles. The van der Waals surface area contributed by atoms with E-state index in [1.54, 1.807) is 12.1 Å². The second-order valence-electron chi connectivity index (χ2n) is 6.98. The second-order valence-corrected chi connectivity index (χ2v) is 7.36. The molecule has 0 aliphatic carbocycles. The summed E-state index contributed by atoms with van der Waals surface area (Å²) in [6.07, 6.45) is 2.05. The van der Waals surface area contributed by atoms with E-state index in [-0.39, 0.29) is 17.2 Å². The number of hydrogen-bond acceptors (Lipinski definition) is 7. The minimum absolute atomic E-state index is 0.0251. The number of ether oxygens (including phenoxy) is 2. The van der Waals surface area contributed by atoms with Gasteiger partial charge in [-0.25, -0.2) is 18.7 Å².